The lowest BCUT2D eigenvalue weighted by atomic mass is 9.95. The molecule has 0 fully saturated rings. The summed E-state index contributed by atoms with van der Waals surface area (Å²) in [5, 5.41) is 0. The van der Waals surface area contributed by atoms with Gasteiger partial charge in [-0.05, 0) is 24.5 Å². The van der Waals surface area contributed by atoms with Crippen molar-refractivity contribution in [2.24, 2.45) is 5.92 Å². The van der Waals surface area contributed by atoms with Crippen LogP contribution in [0.5, 0.6) is 0 Å². The van der Waals surface area contributed by atoms with E-state index in [4.69, 9.17) is 4.74 Å². The van der Waals surface area contributed by atoms with Gasteiger partial charge in [-0.1, -0.05) is 24.3 Å². The van der Waals surface area contributed by atoms with Gasteiger partial charge >= 0.3 is 5.97 Å². The molecule has 0 spiro atoms. The van der Waals surface area contributed by atoms with Crippen molar-refractivity contribution in [2.75, 3.05) is 14.2 Å². The zero-order valence-corrected chi connectivity index (χ0v) is 10.9. The van der Waals surface area contributed by atoms with Crippen molar-refractivity contribution >= 4 is 11.8 Å². The van der Waals surface area contributed by atoms with Gasteiger partial charge in [0.05, 0.1) is 13.7 Å². The fraction of sp³-hybridized carbons (Fsp3) is 0.429. The molecule has 98 valence electrons. The van der Waals surface area contributed by atoms with Gasteiger partial charge in [0.25, 0.3) is 0 Å². The summed E-state index contributed by atoms with van der Waals surface area (Å²) in [6, 6.07) is 7.65. The van der Waals surface area contributed by atoms with Crippen molar-refractivity contribution in [1.29, 1.82) is 0 Å². The fourth-order valence-electron chi connectivity index (χ4n) is 1.78. The van der Waals surface area contributed by atoms with Gasteiger partial charge in [0.1, 0.15) is 11.7 Å². The highest BCUT2D eigenvalue weighted by atomic mass is 16.5. The molecule has 0 saturated heterocycles. The smallest absolute Gasteiger partial charge is 0.316 e. The maximum absolute atomic E-state index is 11.5. The van der Waals surface area contributed by atoms with Crippen LogP contribution in [0, 0.1) is 5.92 Å². The second-order valence-electron chi connectivity index (χ2n) is 4.14. The van der Waals surface area contributed by atoms with Crippen molar-refractivity contribution in [3.8, 4) is 0 Å². The Hall–Kier alpha value is -1.68. The molecule has 18 heavy (non-hydrogen) atoms. The number of esters is 1. The highest BCUT2D eigenvalue weighted by Gasteiger charge is 2.24. The minimum Gasteiger partial charge on any atom is -0.468 e. The summed E-state index contributed by atoms with van der Waals surface area (Å²) in [6.45, 7) is 1.91. The van der Waals surface area contributed by atoms with Crippen LogP contribution in [0.4, 0.5) is 0 Å². The summed E-state index contributed by atoms with van der Waals surface area (Å²) in [4.78, 5) is 22.9. The van der Waals surface area contributed by atoms with Crippen LogP contribution in [0.25, 0.3) is 0 Å². The standard InChI is InChI=1S/C14H18O4/c1-10(15)13(14(16)18-3)8-11-5-4-6-12(7-11)9-17-2/h4-7,13H,8-9H2,1-3H3. The lowest BCUT2D eigenvalue weighted by Crippen LogP contribution is -2.25. The van der Waals surface area contributed by atoms with E-state index in [9.17, 15) is 9.59 Å². The molecule has 1 rings (SSSR count). The summed E-state index contributed by atoms with van der Waals surface area (Å²) < 4.78 is 9.68. The second-order valence-corrected chi connectivity index (χ2v) is 4.14. The predicted molar refractivity (Wildman–Crippen MR) is 67.0 cm³/mol. The molecule has 0 heterocycles. The normalized spacial score (nSPS) is 11.9. The molecule has 1 unspecified atom stereocenters. The number of benzene rings is 1. The van der Waals surface area contributed by atoms with E-state index in [1.807, 2.05) is 24.3 Å². The largest absolute Gasteiger partial charge is 0.468 e. The molecule has 0 saturated carbocycles. The zero-order valence-electron chi connectivity index (χ0n) is 10.9. The Morgan fingerprint density at radius 3 is 2.44 bits per heavy atom. The Morgan fingerprint density at radius 1 is 1.22 bits per heavy atom. The molecular formula is C14H18O4. The van der Waals surface area contributed by atoms with Crippen molar-refractivity contribution in [3.63, 3.8) is 0 Å². The summed E-state index contributed by atoms with van der Waals surface area (Å²) in [5.41, 5.74) is 1.94. The number of carbonyl (C=O) groups excluding carboxylic acids is 2. The first-order valence-corrected chi connectivity index (χ1v) is 5.73. The van der Waals surface area contributed by atoms with Gasteiger partial charge < -0.3 is 9.47 Å². The molecule has 1 aromatic rings. The summed E-state index contributed by atoms with van der Waals surface area (Å²) in [7, 11) is 2.92. The van der Waals surface area contributed by atoms with Crippen LogP contribution in [-0.4, -0.2) is 26.0 Å². The molecule has 0 N–H and O–H groups in total. The van der Waals surface area contributed by atoms with E-state index < -0.39 is 11.9 Å². The molecule has 1 aromatic carbocycles. The van der Waals surface area contributed by atoms with Gasteiger partial charge in [0.15, 0.2) is 0 Å². The maximum Gasteiger partial charge on any atom is 0.316 e. The monoisotopic (exact) mass is 250 g/mol. The number of ether oxygens (including phenoxy) is 2. The Morgan fingerprint density at radius 2 is 1.89 bits per heavy atom. The lowest BCUT2D eigenvalue weighted by molar-refractivity contribution is -0.148. The molecule has 0 aliphatic heterocycles. The third-order valence-corrected chi connectivity index (χ3v) is 2.72. The highest BCUT2D eigenvalue weighted by Crippen LogP contribution is 2.14. The summed E-state index contributed by atoms with van der Waals surface area (Å²) >= 11 is 0. The number of rotatable bonds is 6. The molecule has 0 aliphatic rings. The van der Waals surface area contributed by atoms with Gasteiger partial charge in [0, 0.05) is 7.11 Å². The highest BCUT2D eigenvalue weighted by molar-refractivity contribution is 5.97. The van der Waals surface area contributed by atoms with E-state index in [2.05, 4.69) is 4.74 Å². The van der Waals surface area contributed by atoms with Crippen LogP contribution in [-0.2, 0) is 32.1 Å². The third kappa shape index (κ3) is 3.96. The molecule has 0 amide bonds. The number of carbonyl (C=O) groups is 2. The number of Topliss-reactive ketones (excluding diaryl/α,β-unsaturated/α-hetero) is 1. The minimum atomic E-state index is -0.729. The average molecular weight is 250 g/mol. The second kappa shape index (κ2) is 6.91. The third-order valence-electron chi connectivity index (χ3n) is 2.72. The molecule has 4 heteroatoms. The molecule has 0 aromatic heterocycles. The maximum atomic E-state index is 11.5. The molecular weight excluding hydrogens is 232 g/mol. The van der Waals surface area contributed by atoms with E-state index in [-0.39, 0.29) is 5.78 Å². The van der Waals surface area contributed by atoms with Crippen molar-refractivity contribution < 1.29 is 19.1 Å². The number of hydrogen-bond acceptors (Lipinski definition) is 4. The number of hydrogen-bond donors (Lipinski definition) is 0. The molecule has 4 nitrogen and oxygen atoms in total. The summed E-state index contributed by atoms with van der Waals surface area (Å²) in [5.74, 6) is -1.40. The molecule has 0 aliphatic carbocycles. The van der Waals surface area contributed by atoms with E-state index in [1.165, 1.54) is 14.0 Å². The molecule has 0 radical (unpaired) electrons. The first-order valence-electron chi connectivity index (χ1n) is 5.73. The lowest BCUT2D eigenvalue weighted by Gasteiger charge is -2.12. The number of ketones is 1. The van der Waals surface area contributed by atoms with Crippen molar-refractivity contribution in [2.45, 2.75) is 20.0 Å². The van der Waals surface area contributed by atoms with Gasteiger partial charge in [-0.25, -0.2) is 0 Å². The summed E-state index contributed by atoms with van der Waals surface area (Å²) in [6.07, 6.45) is 0.361. The van der Waals surface area contributed by atoms with E-state index in [0.29, 0.717) is 13.0 Å². The zero-order chi connectivity index (χ0) is 13.5. The van der Waals surface area contributed by atoms with Crippen LogP contribution < -0.4 is 0 Å². The molecule has 0 bridgehead atoms. The Bertz CT molecular complexity index is 426. The first-order chi connectivity index (χ1) is 8.58. The van der Waals surface area contributed by atoms with Gasteiger partial charge in [-0.15, -0.1) is 0 Å². The van der Waals surface area contributed by atoms with Crippen LogP contribution in [0.2, 0.25) is 0 Å². The molecule has 1 atom stereocenters. The Kier molecular flexibility index (Phi) is 5.52. The Labute approximate surface area is 107 Å². The minimum absolute atomic E-state index is 0.181. The van der Waals surface area contributed by atoms with Crippen LogP contribution in [0.3, 0.4) is 0 Å². The van der Waals surface area contributed by atoms with E-state index >= 15 is 0 Å². The SMILES string of the molecule is COCc1cccc(CC(C(C)=O)C(=O)OC)c1. The van der Waals surface area contributed by atoms with Gasteiger partial charge in [-0.3, -0.25) is 9.59 Å². The van der Waals surface area contributed by atoms with E-state index in [1.54, 1.807) is 7.11 Å². The number of methoxy groups -OCH3 is 2. The Balaban J connectivity index is 2.83. The quantitative estimate of drug-likeness (QED) is 0.570. The van der Waals surface area contributed by atoms with Gasteiger partial charge in [-0.2, -0.15) is 0 Å². The van der Waals surface area contributed by atoms with Crippen LogP contribution in [0.1, 0.15) is 18.1 Å². The topological polar surface area (TPSA) is 52.6 Å². The fourth-order valence-corrected chi connectivity index (χ4v) is 1.78. The van der Waals surface area contributed by atoms with E-state index in [0.717, 1.165) is 11.1 Å². The van der Waals surface area contributed by atoms with Crippen molar-refractivity contribution in [3.05, 3.63) is 35.4 Å². The van der Waals surface area contributed by atoms with Crippen LogP contribution >= 0.6 is 0 Å². The van der Waals surface area contributed by atoms with Gasteiger partial charge in [0.2, 0.25) is 0 Å². The predicted octanol–water partition coefficient (Wildman–Crippen LogP) is 1.75. The van der Waals surface area contributed by atoms with Crippen LogP contribution in [0.15, 0.2) is 24.3 Å². The first kappa shape index (κ1) is 14.4. The van der Waals surface area contributed by atoms with Crippen molar-refractivity contribution in [1.82, 2.24) is 0 Å². The average Bonchev–Trinajstić information content (AvgIpc) is 2.35.